The summed E-state index contributed by atoms with van der Waals surface area (Å²) in [7, 11) is 3.98. The minimum atomic E-state index is -0.651. The topological polar surface area (TPSA) is 41.9 Å². The Balaban J connectivity index is 0.00000264. The molecule has 0 aliphatic rings. The van der Waals surface area contributed by atoms with E-state index in [1.807, 2.05) is 73.6 Å². The van der Waals surface area contributed by atoms with Gasteiger partial charge in [-0.3, -0.25) is 0 Å². The SMILES string of the molecule is CN(C)CCOCC(O)c1cccc(Oc2ccccc2)c1.Cl. The van der Waals surface area contributed by atoms with Crippen molar-refractivity contribution < 1.29 is 14.6 Å². The van der Waals surface area contributed by atoms with Gasteiger partial charge in [0.25, 0.3) is 0 Å². The third kappa shape index (κ3) is 7.01. The molecule has 4 nitrogen and oxygen atoms in total. The van der Waals surface area contributed by atoms with Gasteiger partial charge >= 0.3 is 0 Å². The van der Waals surface area contributed by atoms with Crippen molar-refractivity contribution in [3.05, 3.63) is 60.2 Å². The quantitative estimate of drug-likeness (QED) is 0.748. The number of aliphatic hydroxyl groups is 1. The number of nitrogens with zero attached hydrogens (tertiary/aromatic N) is 1. The van der Waals surface area contributed by atoms with E-state index in [0.29, 0.717) is 12.4 Å². The lowest BCUT2D eigenvalue weighted by Crippen LogP contribution is -2.19. The number of aliphatic hydroxyl groups excluding tert-OH is 1. The second-order valence-electron chi connectivity index (χ2n) is 5.38. The molecule has 23 heavy (non-hydrogen) atoms. The Bertz CT molecular complexity index is 563. The third-order valence-corrected chi connectivity index (χ3v) is 3.18. The smallest absolute Gasteiger partial charge is 0.127 e. The minimum Gasteiger partial charge on any atom is -0.457 e. The van der Waals surface area contributed by atoms with Crippen molar-refractivity contribution in [2.45, 2.75) is 6.10 Å². The van der Waals surface area contributed by atoms with Gasteiger partial charge in [0.2, 0.25) is 0 Å². The molecule has 0 aliphatic heterocycles. The molecule has 1 N–H and O–H groups in total. The predicted octanol–water partition coefficient (Wildman–Crippen LogP) is 3.51. The molecular formula is C18H24ClNO3. The van der Waals surface area contributed by atoms with Gasteiger partial charge in [0, 0.05) is 6.54 Å². The molecule has 0 saturated carbocycles. The number of hydrogen-bond acceptors (Lipinski definition) is 4. The van der Waals surface area contributed by atoms with E-state index in [1.54, 1.807) is 0 Å². The lowest BCUT2D eigenvalue weighted by molar-refractivity contribution is 0.0306. The van der Waals surface area contributed by atoms with Crippen molar-refractivity contribution in [2.24, 2.45) is 0 Å². The number of rotatable bonds is 8. The summed E-state index contributed by atoms with van der Waals surface area (Å²) in [5.41, 5.74) is 0.790. The maximum absolute atomic E-state index is 10.2. The zero-order chi connectivity index (χ0) is 15.8. The van der Waals surface area contributed by atoms with Gasteiger partial charge < -0.3 is 19.5 Å². The van der Waals surface area contributed by atoms with E-state index < -0.39 is 6.10 Å². The highest BCUT2D eigenvalue weighted by atomic mass is 35.5. The van der Waals surface area contributed by atoms with Crippen molar-refractivity contribution in [3.8, 4) is 11.5 Å². The summed E-state index contributed by atoms with van der Waals surface area (Å²) >= 11 is 0. The van der Waals surface area contributed by atoms with Crippen molar-refractivity contribution in [2.75, 3.05) is 33.9 Å². The van der Waals surface area contributed by atoms with Crippen LogP contribution in [-0.4, -0.2) is 43.9 Å². The van der Waals surface area contributed by atoms with Crippen LogP contribution < -0.4 is 4.74 Å². The molecule has 0 bridgehead atoms. The monoisotopic (exact) mass is 337 g/mol. The van der Waals surface area contributed by atoms with Gasteiger partial charge in [-0.15, -0.1) is 12.4 Å². The van der Waals surface area contributed by atoms with Gasteiger partial charge in [-0.1, -0.05) is 30.3 Å². The number of ether oxygens (including phenoxy) is 2. The van der Waals surface area contributed by atoms with Gasteiger partial charge in [0.05, 0.1) is 13.2 Å². The number of likely N-dealkylation sites (N-methyl/N-ethyl adjacent to an activating group) is 1. The second kappa shape index (κ2) is 10.2. The van der Waals surface area contributed by atoms with Gasteiger partial charge in [0.15, 0.2) is 0 Å². The average Bonchev–Trinajstić information content (AvgIpc) is 2.52. The molecule has 126 valence electrons. The number of hydrogen-bond donors (Lipinski definition) is 1. The van der Waals surface area contributed by atoms with Gasteiger partial charge in [0.1, 0.15) is 17.6 Å². The van der Waals surface area contributed by atoms with E-state index >= 15 is 0 Å². The fourth-order valence-electron chi connectivity index (χ4n) is 1.95. The van der Waals surface area contributed by atoms with Gasteiger partial charge in [-0.25, -0.2) is 0 Å². The molecule has 0 spiro atoms. The lowest BCUT2D eigenvalue weighted by Gasteiger charge is -2.14. The van der Waals surface area contributed by atoms with E-state index in [9.17, 15) is 5.11 Å². The zero-order valence-corrected chi connectivity index (χ0v) is 14.3. The Morgan fingerprint density at radius 3 is 2.39 bits per heavy atom. The minimum absolute atomic E-state index is 0. The van der Waals surface area contributed by atoms with Crippen LogP contribution in [0, 0.1) is 0 Å². The first kappa shape index (κ1) is 19.5. The molecule has 1 unspecified atom stereocenters. The van der Waals surface area contributed by atoms with Crippen LogP contribution in [0.4, 0.5) is 0 Å². The largest absolute Gasteiger partial charge is 0.457 e. The van der Waals surface area contributed by atoms with Crippen LogP contribution in [0.5, 0.6) is 11.5 Å². The average molecular weight is 338 g/mol. The fraction of sp³-hybridized carbons (Fsp3) is 0.333. The number of halogens is 1. The molecule has 1 atom stereocenters. The Hall–Kier alpha value is -1.59. The first-order chi connectivity index (χ1) is 10.6. The Morgan fingerprint density at radius 2 is 1.70 bits per heavy atom. The highest BCUT2D eigenvalue weighted by Crippen LogP contribution is 2.24. The molecule has 5 heteroatoms. The molecular weight excluding hydrogens is 314 g/mol. The third-order valence-electron chi connectivity index (χ3n) is 3.18. The van der Waals surface area contributed by atoms with E-state index in [-0.39, 0.29) is 19.0 Å². The lowest BCUT2D eigenvalue weighted by atomic mass is 10.1. The summed E-state index contributed by atoms with van der Waals surface area (Å²) in [5.74, 6) is 1.48. The molecule has 2 rings (SSSR count). The van der Waals surface area contributed by atoms with E-state index in [1.165, 1.54) is 0 Å². The van der Waals surface area contributed by atoms with Crippen molar-refractivity contribution >= 4 is 12.4 Å². The molecule has 0 saturated heterocycles. The van der Waals surface area contributed by atoms with Crippen LogP contribution in [0.15, 0.2) is 54.6 Å². The molecule has 0 fully saturated rings. The Kier molecular flexibility index (Phi) is 8.66. The van der Waals surface area contributed by atoms with Crippen LogP contribution in [0.25, 0.3) is 0 Å². The van der Waals surface area contributed by atoms with Crippen LogP contribution >= 0.6 is 12.4 Å². The van der Waals surface area contributed by atoms with Crippen molar-refractivity contribution in [1.29, 1.82) is 0 Å². The first-order valence-electron chi connectivity index (χ1n) is 7.38. The summed E-state index contributed by atoms with van der Waals surface area (Å²) in [5, 5.41) is 10.2. The normalized spacial score (nSPS) is 11.8. The summed E-state index contributed by atoms with van der Waals surface area (Å²) < 4.78 is 11.3. The van der Waals surface area contributed by atoms with Crippen molar-refractivity contribution in [3.63, 3.8) is 0 Å². The summed E-state index contributed by atoms with van der Waals surface area (Å²) in [6, 6.07) is 17.0. The Morgan fingerprint density at radius 1 is 1.00 bits per heavy atom. The Labute approximate surface area is 144 Å². The zero-order valence-electron chi connectivity index (χ0n) is 13.5. The van der Waals surface area contributed by atoms with Crippen LogP contribution in [0.1, 0.15) is 11.7 Å². The molecule has 0 aromatic heterocycles. The van der Waals surface area contributed by atoms with E-state index in [2.05, 4.69) is 0 Å². The van der Waals surface area contributed by atoms with Crippen LogP contribution in [0.2, 0.25) is 0 Å². The molecule has 0 radical (unpaired) electrons. The van der Waals surface area contributed by atoms with Crippen molar-refractivity contribution in [1.82, 2.24) is 4.90 Å². The van der Waals surface area contributed by atoms with Gasteiger partial charge in [-0.2, -0.15) is 0 Å². The van der Waals surface area contributed by atoms with Crippen LogP contribution in [-0.2, 0) is 4.74 Å². The molecule has 0 aliphatic carbocycles. The van der Waals surface area contributed by atoms with Crippen LogP contribution in [0.3, 0.4) is 0 Å². The molecule has 0 amide bonds. The first-order valence-corrected chi connectivity index (χ1v) is 7.38. The highest BCUT2D eigenvalue weighted by molar-refractivity contribution is 5.85. The molecule has 2 aromatic rings. The number of benzene rings is 2. The second-order valence-corrected chi connectivity index (χ2v) is 5.38. The van der Waals surface area contributed by atoms with E-state index in [4.69, 9.17) is 9.47 Å². The van der Waals surface area contributed by atoms with Gasteiger partial charge in [-0.05, 0) is 43.9 Å². The predicted molar refractivity (Wildman–Crippen MR) is 94.5 cm³/mol. The number of para-hydroxylation sites is 1. The summed E-state index contributed by atoms with van der Waals surface area (Å²) in [6.45, 7) is 1.72. The highest BCUT2D eigenvalue weighted by Gasteiger charge is 2.09. The fourth-order valence-corrected chi connectivity index (χ4v) is 1.95. The maximum atomic E-state index is 10.2. The molecule has 2 aromatic carbocycles. The standard InChI is InChI=1S/C18H23NO3.ClH/c1-19(2)11-12-21-14-18(20)15-7-6-10-17(13-15)22-16-8-4-3-5-9-16;/h3-10,13,18,20H,11-12,14H2,1-2H3;1H. The van der Waals surface area contributed by atoms with E-state index in [0.717, 1.165) is 17.9 Å². The summed E-state index contributed by atoms with van der Waals surface area (Å²) in [4.78, 5) is 2.04. The molecule has 0 heterocycles. The summed E-state index contributed by atoms with van der Waals surface area (Å²) in [6.07, 6.45) is -0.651. The maximum Gasteiger partial charge on any atom is 0.127 e.